The summed E-state index contributed by atoms with van der Waals surface area (Å²) in [7, 11) is -3.43. The second kappa shape index (κ2) is 7.10. The molecule has 0 aliphatic rings. The molecule has 0 amide bonds. The summed E-state index contributed by atoms with van der Waals surface area (Å²) in [4.78, 5) is 3.41. The van der Waals surface area contributed by atoms with Gasteiger partial charge in [0.1, 0.15) is 0 Å². The van der Waals surface area contributed by atoms with Gasteiger partial charge in [0, 0.05) is 11.9 Å². The molecule has 0 saturated carbocycles. The highest BCUT2D eigenvalue weighted by Gasteiger charge is 2.38. The van der Waals surface area contributed by atoms with Crippen LogP contribution in [0.2, 0.25) is 36.3 Å². The van der Waals surface area contributed by atoms with Gasteiger partial charge in [-0.05, 0) is 54.3 Å². The zero-order valence-corrected chi connectivity index (χ0v) is 19.8. The minimum atomic E-state index is -1.72. The maximum Gasteiger partial charge on any atom is 0.192 e. The highest BCUT2D eigenvalue weighted by molar-refractivity contribution is 6.74. The minimum Gasteiger partial charge on any atom is -0.412 e. The number of nitrogens with one attached hydrogen (secondary N) is 1. The number of aromatic nitrogens is 1. The average Bonchev–Trinajstić information content (AvgIpc) is 2.72. The van der Waals surface area contributed by atoms with Gasteiger partial charge in [-0.2, -0.15) is 0 Å². The van der Waals surface area contributed by atoms with Gasteiger partial charge >= 0.3 is 0 Å². The summed E-state index contributed by atoms with van der Waals surface area (Å²) in [6.07, 6.45) is 2.09. The normalized spacial score (nSPS) is 14.3. The molecule has 1 N–H and O–H groups in total. The molecular formula is C19H39NO2Si2. The molecule has 0 aliphatic heterocycles. The smallest absolute Gasteiger partial charge is 0.192 e. The number of hydrogen-bond donors (Lipinski definition) is 1. The fourth-order valence-electron chi connectivity index (χ4n) is 1.83. The molecule has 1 aromatic rings. The second-order valence-corrected chi connectivity index (χ2v) is 19.6. The molecule has 1 rings (SSSR count). The predicted octanol–water partition coefficient (Wildman–Crippen LogP) is 6.37. The Morgan fingerprint density at radius 3 is 1.67 bits per heavy atom. The van der Waals surface area contributed by atoms with Crippen LogP contribution in [0.15, 0.2) is 6.20 Å². The van der Waals surface area contributed by atoms with E-state index >= 15 is 0 Å². The average molecular weight is 370 g/mol. The summed E-state index contributed by atoms with van der Waals surface area (Å²) in [6, 6.07) is 0. The number of rotatable bonds is 6. The van der Waals surface area contributed by atoms with Crippen molar-refractivity contribution in [2.75, 3.05) is 0 Å². The Hall–Kier alpha value is -0.366. The van der Waals surface area contributed by atoms with Crippen LogP contribution < -0.4 is 0 Å². The van der Waals surface area contributed by atoms with E-state index in [2.05, 4.69) is 85.8 Å². The van der Waals surface area contributed by atoms with Crippen molar-refractivity contribution in [1.82, 2.24) is 4.98 Å². The molecule has 0 unspecified atom stereocenters. The topological polar surface area (TPSA) is 34.2 Å². The maximum atomic E-state index is 6.36. The van der Waals surface area contributed by atoms with Crippen LogP contribution in [0.4, 0.5) is 0 Å². The Balaban J connectivity index is 2.74. The van der Waals surface area contributed by atoms with Crippen LogP contribution in [0.5, 0.6) is 0 Å². The van der Waals surface area contributed by atoms with Crippen LogP contribution in [0.1, 0.15) is 58.4 Å². The third kappa shape index (κ3) is 5.07. The fraction of sp³-hybridized carbons (Fsp3) is 0.789. The van der Waals surface area contributed by atoms with E-state index in [1.807, 2.05) is 0 Å². The Morgan fingerprint density at radius 1 is 0.833 bits per heavy atom. The van der Waals surface area contributed by atoms with Gasteiger partial charge in [0.25, 0.3) is 0 Å². The zero-order valence-electron chi connectivity index (χ0n) is 17.8. The first-order valence-electron chi connectivity index (χ1n) is 9.02. The van der Waals surface area contributed by atoms with E-state index in [1.165, 1.54) is 16.8 Å². The van der Waals surface area contributed by atoms with Gasteiger partial charge in [-0.25, -0.2) is 0 Å². The summed E-state index contributed by atoms with van der Waals surface area (Å²) in [5.41, 5.74) is 3.73. The first-order chi connectivity index (χ1) is 10.6. The lowest BCUT2D eigenvalue weighted by Crippen LogP contribution is -2.40. The molecule has 0 aliphatic carbocycles. The third-order valence-corrected chi connectivity index (χ3v) is 15.1. The van der Waals surface area contributed by atoms with Crippen LogP contribution in [0, 0.1) is 6.92 Å². The van der Waals surface area contributed by atoms with Gasteiger partial charge in [-0.15, -0.1) is 0 Å². The van der Waals surface area contributed by atoms with Crippen molar-refractivity contribution in [2.45, 2.75) is 97.9 Å². The highest BCUT2D eigenvalue weighted by atomic mass is 28.4. The lowest BCUT2D eigenvalue weighted by atomic mass is 10.2. The summed E-state index contributed by atoms with van der Waals surface area (Å²) >= 11 is 0. The van der Waals surface area contributed by atoms with Crippen molar-refractivity contribution < 1.29 is 8.85 Å². The minimum absolute atomic E-state index is 0.238. The Kier molecular flexibility index (Phi) is 6.41. The van der Waals surface area contributed by atoms with Gasteiger partial charge in [0.15, 0.2) is 16.6 Å². The molecular weight excluding hydrogens is 330 g/mol. The van der Waals surface area contributed by atoms with E-state index in [0.717, 1.165) is 0 Å². The summed E-state index contributed by atoms with van der Waals surface area (Å²) < 4.78 is 12.7. The molecule has 1 aromatic heterocycles. The van der Waals surface area contributed by atoms with Crippen LogP contribution in [0.25, 0.3) is 0 Å². The van der Waals surface area contributed by atoms with E-state index in [-0.39, 0.29) is 10.1 Å². The van der Waals surface area contributed by atoms with Crippen molar-refractivity contribution in [3.05, 3.63) is 23.0 Å². The van der Waals surface area contributed by atoms with Gasteiger partial charge < -0.3 is 13.8 Å². The molecule has 1 heterocycles. The van der Waals surface area contributed by atoms with E-state index in [4.69, 9.17) is 8.85 Å². The van der Waals surface area contributed by atoms with Crippen molar-refractivity contribution in [1.29, 1.82) is 0 Å². The largest absolute Gasteiger partial charge is 0.412 e. The van der Waals surface area contributed by atoms with E-state index in [9.17, 15) is 0 Å². The molecule has 0 spiro atoms. The summed E-state index contributed by atoms with van der Waals surface area (Å²) in [5.74, 6) is 0. The zero-order chi connectivity index (χ0) is 19.0. The first kappa shape index (κ1) is 21.7. The number of H-pyrrole nitrogens is 1. The standard InChI is InChI=1S/C19H39NO2Si2/c1-15-16(13-21-23(8,9)18(2,3)4)12-20-17(15)14-22-24(10,11)19(5,6)7/h12,20H,13-14H2,1-11H3. The molecule has 5 heteroatoms. The lowest BCUT2D eigenvalue weighted by molar-refractivity contribution is 0.270. The van der Waals surface area contributed by atoms with Crippen molar-refractivity contribution >= 4 is 16.6 Å². The Labute approximate surface area is 151 Å². The molecule has 0 atom stereocenters. The quantitative estimate of drug-likeness (QED) is 0.591. The number of aromatic amines is 1. The molecule has 0 aromatic carbocycles. The molecule has 24 heavy (non-hydrogen) atoms. The number of hydrogen-bond acceptors (Lipinski definition) is 2. The van der Waals surface area contributed by atoms with Crippen LogP contribution in [0.3, 0.4) is 0 Å². The lowest BCUT2D eigenvalue weighted by Gasteiger charge is -2.36. The molecule has 140 valence electrons. The summed E-state index contributed by atoms with van der Waals surface area (Å²) in [6.45, 7) is 26.4. The van der Waals surface area contributed by atoms with Gasteiger partial charge in [-0.1, -0.05) is 41.5 Å². The van der Waals surface area contributed by atoms with Crippen LogP contribution in [-0.2, 0) is 22.1 Å². The Bertz CT molecular complexity index is 501. The van der Waals surface area contributed by atoms with Gasteiger partial charge in [-0.3, -0.25) is 0 Å². The van der Waals surface area contributed by atoms with Crippen molar-refractivity contribution in [3.8, 4) is 0 Å². The highest BCUT2D eigenvalue weighted by Crippen LogP contribution is 2.38. The Morgan fingerprint density at radius 2 is 1.25 bits per heavy atom. The van der Waals surface area contributed by atoms with E-state index < -0.39 is 16.6 Å². The third-order valence-electron chi connectivity index (χ3n) is 6.13. The van der Waals surface area contributed by atoms with Crippen molar-refractivity contribution in [3.63, 3.8) is 0 Å². The van der Waals surface area contributed by atoms with Crippen molar-refractivity contribution in [2.24, 2.45) is 0 Å². The van der Waals surface area contributed by atoms with Gasteiger partial charge in [0.05, 0.1) is 13.2 Å². The first-order valence-corrected chi connectivity index (χ1v) is 14.8. The maximum absolute atomic E-state index is 6.36. The molecule has 0 saturated heterocycles. The SMILES string of the molecule is Cc1c(CO[Si](C)(C)C(C)(C)C)c[nH]c1CO[Si](C)(C)C(C)(C)C. The van der Waals surface area contributed by atoms with E-state index in [0.29, 0.717) is 13.2 Å². The van der Waals surface area contributed by atoms with Crippen LogP contribution in [-0.4, -0.2) is 21.6 Å². The monoisotopic (exact) mass is 369 g/mol. The predicted molar refractivity (Wildman–Crippen MR) is 110 cm³/mol. The molecule has 3 nitrogen and oxygen atoms in total. The fourth-order valence-corrected chi connectivity index (χ4v) is 3.72. The molecule has 0 radical (unpaired) electrons. The van der Waals surface area contributed by atoms with Gasteiger partial charge in [0.2, 0.25) is 0 Å². The summed E-state index contributed by atoms with van der Waals surface area (Å²) in [5, 5.41) is 0.479. The molecule has 0 fully saturated rings. The second-order valence-electron chi connectivity index (χ2n) is 10.0. The van der Waals surface area contributed by atoms with Crippen LogP contribution >= 0.6 is 0 Å². The molecule has 0 bridgehead atoms. The van der Waals surface area contributed by atoms with E-state index in [1.54, 1.807) is 0 Å².